The van der Waals surface area contributed by atoms with Crippen LogP contribution in [0.5, 0.6) is 0 Å². The first-order chi connectivity index (χ1) is 18.6. The van der Waals surface area contributed by atoms with Crippen LogP contribution in [0.3, 0.4) is 0 Å². The maximum atomic E-state index is 13.9. The van der Waals surface area contributed by atoms with Crippen molar-refractivity contribution in [2.24, 2.45) is 0 Å². The number of hydrogen-bond acceptors (Lipinski definition) is 4. The molecule has 0 saturated carbocycles. The second kappa shape index (κ2) is 10.8. The molecule has 4 aromatic rings. The lowest BCUT2D eigenvalue weighted by molar-refractivity contribution is -0.126. The zero-order chi connectivity index (χ0) is 27.7. The SMILES string of the molecule is CS(=O)(=O)c1ccc(CNC(=O)C2c3cc(Cl)ccc3C(=O)N2C(c2ccccc2)c2ccccc2)c(Cl)c1. The summed E-state index contributed by atoms with van der Waals surface area (Å²) in [4.78, 5) is 29.4. The summed E-state index contributed by atoms with van der Waals surface area (Å²) >= 11 is 12.7. The number of nitrogens with one attached hydrogen (secondary N) is 1. The van der Waals surface area contributed by atoms with Crippen LogP contribution >= 0.6 is 23.2 Å². The molecule has 0 aromatic heterocycles. The van der Waals surface area contributed by atoms with Crippen LogP contribution in [-0.2, 0) is 21.2 Å². The number of nitrogens with zero attached hydrogens (tertiary/aromatic N) is 1. The van der Waals surface area contributed by atoms with E-state index < -0.39 is 27.8 Å². The van der Waals surface area contributed by atoms with Gasteiger partial charge >= 0.3 is 0 Å². The van der Waals surface area contributed by atoms with E-state index in [1.165, 1.54) is 12.1 Å². The quantitative estimate of drug-likeness (QED) is 0.291. The Morgan fingerprint density at radius 3 is 2.08 bits per heavy atom. The van der Waals surface area contributed by atoms with Crippen molar-refractivity contribution in [2.45, 2.75) is 23.5 Å². The minimum atomic E-state index is -3.43. The van der Waals surface area contributed by atoms with Crippen molar-refractivity contribution in [1.82, 2.24) is 10.2 Å². The number of halogens is 2. The summed E-state index contributed by atoms with van der Waals surface area (Å²) in [7, 11) is -3.43. The highest BCUT2D eigenvalue weighted by Gasteiger charge is 2.45. The molecule has 39 heavy (non-hydrogen) atoms. The fourth-order valence-corrected chi connectivity index (χ4v) is 6.00. The molecule has 0 fully saturated rings. The molecule has 1 aliphatic heterocycles. The zero-order valence-corrected chi connectivity index (χ0v) is 23.2. The molecule has 0 spiro atoms. The van der Waals surface area contributed by atoms with Gasteiger partial charge in [-0.3, -0.25) is 9.59 Å². The predicted molar refractivity (Wildman–Crippen MR) is 151 cm³/mol. The first kappa shape index (κ1) is 26.9. The van der Waals surface area contributed by atoms with Crippen molar-refractivity contribution in [2.75, 3.05) is 6.26 Å². The third kappa shape index (κ3) is 5.43. The van der Waals surface area contributed by atoms with E-state index >= 15 is 0 Å². The summed E-state index contributed by atoms with van der Waals surface area (Å²) in [6, 6.07) is 26.9. The van der Waals surface area contributed by atoms with Gasteiger partial charge in [-0.1, -0.05) is 89.9 Å². The standard InChI is InChI=1S/C30H24Cl2N2O4S/c1-39(37,38)23-14-12-21(26(32)17-23)18-33-29(35)28-25-16-22(31)13-15-24(25)30(36)34(28)27(19-8-4-2-5-9-19)20-10-6-3-7-11-20/h2-17,27-28H,18H2,1H3,(H,33,35). The van der Waals surface area contributed by atoms with Gasteiger partial charge in [0.1, 0.15) is 6.04 Å². The molecule has 1 atom stereocenters. The van der Waals surface area contributed by atoms with Gasteiger partial charge in [-0.25, -0.2) is 8.42 Å². The van der Waals surface area contributed by atoms with Gasteiger partial charge in [-0.15, -0.1) is 0 Å². The summed E-state index contributed by atoms with van der Waals surface area (Å²) in [6.45, 7) is 0.0392. The summed E-state index contributed by atoms with van der Waals surface area (Å²) in [5.74, 6) is -0.695. The molecule has 1 aliphatic rings. The van der Waals surface area contributed by atoms with Gasteiger partial charge in [0.2, 0.25) is 5.91 Å². The lowest BCUT2D eigenvalue weighted by Gasteiger charge is -2.33. The molecule has 1 unspecified atom stereocenters. The van der Waals surface area contributed by atoms with Gasteiger partial charge in [-0.2, -0.15) is 0 Å². The molecule has 0 bridgehead atoms. The Labute approximate surface area is 237 Å². The van der Waals surface area contributed by atoms with Crippen molar-refractivity contribution in [3.8, 4) is 0 Å². The Balaban J connectivity index is 1.54. The second-order valence-electron chi connectivity index (χ2n) is 9.31. The van der Waals surface area contributed by atoms with Gasteiger partial charge in [0.05, 0.1) is 10.9 Å². The lowest BCUT2D eigenvalue weighted by atomic mass is 9.95. The number of hydrogen-bond donors (Lipinski definition) is 1. The number of fused-ring (bicyclic) bond motifs is 1. The fourth-order valence-electron chi connectivity index (χ4n) is 4.86. The summed E-state index contributed by atoms with van der Waals surface area (Å²) in [5.41, 5.74) is 3.18. The zero-order valence-electron chi connectivity index (χ0n) is 20.8. The number of carbonyl (C=O) groups excluding carboxylic acids is 2. The smallest absolute Gasteiger partial charge is 0.255 e. The minimum absolute atomic E-state index is 0.0392. The molecular weight excluding hydrogens is 555 g/mol. The highest BCUT2D eigenvalue weighted by Crippen LogP contribution is 2.43. The fraction of sp³-hybridized carbons (Fsp3) is 0.133. The van der Waals surface area contributed by atoms with Crippen LogP contribution in [0.4, 0.5) is 0 Å². The number of amides is 2. The van der Waals surface area contributed by atoms with Crippen LogP contribution in [0.15, 0.2) is 102 Å². The third-order valence-electron chi connectivity index (χ3n) is 6.71. The van der Waals surface area contributed by atoms with Gasteiger partial charge < -0.3 is 10.2 Å². The molecule has 1 N–H and O–H groups in total. The van der Waals surface area contributed by atoms with E-state index in [9.17, 15) is 18.0 Å². The van der Waals surface area contributed by atoms with E-state index in [-0.39, 0.29) is 22.4 Å². The van der Waals surface area contributed by atoms with Crippen LogP contribution in [0.2, 0.25) is 10.0 Å². The molecule has 4 aromatic carbocycles. The van der Waals surface area contributed by atoms with Crippen LogP contribution < -0.4 is 5.32 Å². The lowest BCUT2D eigenvalue weighted by Crippen LogP contribution is -2.41. The summed E-state index contributed by atoms with van der Waals surface area (Å²) in [5, 5.41) is 3.53. The normalized spacial score (nSPS) is 14.9. The van der Waals surface area contributed by atoms with Crippen molar-refractivity contribution in [1.29, 1.82) is 0 Å². The Morgan fingerprint density at radius 1 is 0.897 bits per heavy atom. The summed E-state index contributed by atoms with van der Waals surface area (Å²) in [6.07, 6.45) is 1.10. The first-order valence-corrected chi connectivity index (χ1v) is 14.8. The molecular formula is C30H24Cl2N2O4S. The molecule has 1 heterocycles. The number of rotatable bonds is 7. The number of carbonyl (C=O) groups is 2. The van der Waals surface area contributed by atoms with Gasteiger partial charge in [-0.05, 0) is 52.6 Å². The van der Waals surface area contributed by atoms with Crippen LogP contribution in [0.25, 0.3) is 0 Å². The van der Waals surface area contributed by atoms with Gasteiger partial charge in [0.15, 0.2) is 9.84 Å². The highest BCUT2D eigenvalue weighted by molar-refractivity contribution is 7.90. The van der Waals surface area contributed by atoms with E-state index in [0.717, 1.165) is 17.4 Å². The number of benzene rings is 4. The minimum Gasteiger partial charge on any atom is -0.350 e. The van der Waals surface area contributed by atoms with Crippen LogP contribution in [0, 0.1) is 0 Å². The maximum absolute atomic E-state index is 13.9. The van der Waals surface area contributed by atoms with Crippen molar-refractivity contribution >= 4 is 44.9 Å². The average molecular weight is 580 g/mol. The van der Waals surface area contributed by atoms with Gasteiger partial charge in [0.25, 0.3) is 5.91 Å². The van der Waals surface area contributed by atoms with Gasteiger partial charge in [0, 0.05) is 28.4 Å². The van der Waals surface area contributed by atoms with Crippen molar-refractivity contribution < 1.29 is 18.0 Å². The monoisotopic (exact) mass is 578 g/mol. The Morgan fingerprint density at radius 2 is 1.51 bits per heavy atom. The van der Waals surface area contributed by atoms with Crippen LogP contribution in [-0.4, -0.2) is 31.4 Å². The van der Waals surface area contributed by atoms with Crippen molar-refractivity contribution in [3.05, 3.63) is 135 Å². The average Bonchev–Trinajstić information content (AvgIpc) is 3.19. The Kier molecular flexibility index (Phi) is 7.49. The molecule has 0 aliphatic carbocycles. The first-order valence-electron chi connectivity index (χ1n) is 12.1. The van der Waals surface area contributed by atoms with E-state index in [1.807, 2.05) is 60.7 Å². The molecule has 2 amide bonds. The van der Waals surface area contributed by atoms with E-state index in [2.05, 4.69) is 5.32 Å². The molecule has 5 rings (SSSR count). The van der Waals surface area contributed by atoms with Crippen LogP contribution in [0.1, 0.15) is 44.7 Å². The second-order valence-corrected chi connectivity index (χ2v) is 12.2. The largest absolute Gasteiger partial charge is 0.350 e. The Hall–Kier alpha value is -3.65. The summed E-state index contributed by atoms with van der Waals surface area (Å²) < 4.78 is 23.7. The Bertz CT molecular complexity index is 1620. The molecule has 6 nitrogen and oxygen atoms in total. The maximum Gasteiger partial charge on any atom is 0.255 e. The number of sulfone groups is 1. The third-order valence-corrected chi connectivity index (χ3v) is 8.41. The highest BCUT2D eigenvalue weighted by atomic mass is 35.5. The van der Waals surface area contributed by atoms with E-state index in [1.54, 1.807) is 29.2 Å². The van der Waals surface area contributed by atoms with E-state index in [4.69, 9.17) is 23.2 Å². The topological polar surface area (TPSA) is 83.5 Å². The molecule has 9 heteroatoms. The van der Waals surface area contributed by atoms with Crippen molar-refractivity contribution in [3.63, 3.8) is 0 Å². The molecule has 0 radical (unpaired) electrons. The predicted octanol–water partition coefficient (Wildman–Crippen LogP) is 6.00. The molecule has 198 valence electrons. The molecule has 0 saturated heterocycles. The van der Waals surface area contributed by atoms with E-state index in [0.29, 0.717) is 21.7 Å².